The Balaban J connectivity index is 0.885. The van der Waals surface area contributed by atoms with Gasteiger partial charge in [0.2, 0.25) is 10.0 Å². The quantitative estimate of drug-likeness (QED) is 0.479. The Morgan fingerprint density at radius 3 is 2.42 bits per heavy atom. The standard InChI is InChI=1S/C27H41N5O5S/c33-26(23-15-24(37-30-23)18-1-2-18)29-22-13-19-16-27(17-20(14-22)25(19)27)38(34,35)32-6-3-21(4-7-32)28-5-8-31-9-11-36-12-10-31/h15,18-22,25,28H,1-14,16-17H2,(H,29,33)/t19-,20+,22-,25?,27?. The second-order valence-corrected chi connectivity index (χ2v) is 14.9. The van der Waals surface area contributed by atoms with Gasteiger partial charge in [0.25, 0.3) is 5.91 Å². The molecular formula is C27H41N5O5S. The second-order valence-electron chi connectivity index (χ2n) is 12.6. The first-order chi connectivity index (χ1) is 18.4. The van der Waals surface area contributed by atoms with Gasteiger partial charge in [-0.3, -0.25) is 9.69 Å². The summed E-state index contributed by atoms with van der Waals surface area (Å²) in [6, 6.07) is 2.27. The van der Waals surface area contributed by atoms with Gasteiger partial charge in [-0.25, -0.2) is 12.7 Å². The number of hydrogen-bond acceptors (Lipinski definition) is 8. The number of nitrogens with one attached hydrogen (secondary N) is 2. The number of ether oxygens (including phenoxy) is 1. The van der Waals surface area contributed by atoms with E-state index in [-0.39, 0.29) is 17.9 Å². The predicted octanol–water partition coefficient (Wildman–Crippen LogP) is 1.56. The monoisotopic (exact) mass is 547 g/mol. The molecule has 1 amide bonds. The Labute approximate surface area is 225 Å². The fourth-order valence-corrected chi connectivity index (χ4v) is 11.0. The molecule has 10 nitrogen and oxygen atoms in total. The van der Waals surface area contributed by atoms with Gasteiger partial charge in [0, 0.05) is 63.3 Å². The van der Waals surface area contributed by atoms with Crippen molar-refractivity contribution in [2.45, 2.75) is 74.1 Å². The van der Waals surface area contributed by atoms with Crippen LogP contribution >= 0.6 is 0 Å². The summed E-state index contributed by atoms with van der Waals surface area (Å²) in [7, 11) is -3.30. The van der Waals surface area contributed by atoms with Crippen LogP contribution in [0.25, 0.3) is 0 Å². The molecule has 5 atom stereocenters. The number of rotatable bonds is 9. The van der Waals surface area contributed by atoms with Gasteiger partial charge in [0.05, 0.1) is 18.0 Å². The van der Waals surface area contributed by atoms with Gasteiger partial charge in [-0.2, -0.15) is 0 Å². The van der Waals surface area contributed by atoms with E-state index in [4.69, 9.17) is 9.26 Å². The van der Waals surface area contributed by atoms with Crippen molar-refractivity contribution in [1.29, 1.82) is 0 Å². The van der Waals surface area contributed by atoms with Crippen molar-refractivity contribution in [2.75, 3.05) is 52.5 Å². The van der Waals surface area contributed by atoms with E-state index in [0.717, 1.165) is 96.5 Å². The summed E-state index contributed by atoms with van der Waals surface area (Å²) in [5.74, 6) is 2.13. The summed E-state index contributed by atoms with van der Waals surface area (Å²) in [4.78, 5) is 15.2. The molecule has 11 heteroatoms. The molecule has 1 aromatic rings. The van der Waals surface area contributed by atoms with Crippen LogP contribution in [-0.4, -0.2) is 98.0 Å². The van der Waals surface area contributed by atoms with Crippen molar-refractivity contribution in [3.8, 4) is 0 Å². The number of nitrogens with zero attached hydrogens (tertiary/aromatic N) is 3. The number of sulfonamides is 1. The molecule has 3 heterocycles. The third-order valence-corrected chi connectivity index (χ3v) is 13.0. The fraction of sp³-hybridized carbons (Fsp3) is 0.852. The summed E-state index contributed by atoms with van der Waals surface area (Å²) in [5.41, 5.74) is 0.368. The van der Waals surface area contributed by atoms with Crippen LogP contribution in [-0.2, 0) is 14.8 Å². The lowest BCUT2D eigenvalue weighted by atomic mass is 9.42. The molecule has 0 radical (unpaired) electrons. The highest BCUT2D eigenvalue weighted by molar-refractivity contribution is 7.90. The van der Waals surface area contributed by atoms with Gasteiger partial charge in [0.1, 0.15) is 5.76 Å². The van der Waals surface area contributed by atoms with Crippen molar-refractivity contribution in [3.05, 3.63) is 17.5 Å². The van der Waals surface area contributed by atoms with E-state index in [1.165, 1.54) is 0 Å². The van der Waals surface area contributed by atoms with E-state index in [1.54, 1.807) is 10.4 Å². The number of aromatic nitrogens is 1. The normalized spacial score (nSPS) is 36.2. The van der Waals surface area contributed by atoms with E-state index < -0.39 is 14.8 Å². The van der Waals surface area contributed by atoms with Crippen LogP contribution in [0.4, 0.5) is 0 Å². The number of piperidine rings is 1. The topological polar surface area (TPSA) is 117 Å². The molecule has 0 spiro atoms. The highest BCUT2D eigenvalue weighted by Crippen LogP contribution is 2.69. The van der Waals surface area contributed by atoms with Crippen LogP contribution in [0.1, 0.15) is 73.5 Å². The summed E-state index contributed by atoms with van der Waals surface area (Å²) in [6.45, 7) is 6.86. The molecule has 0 aromatic carbocycles. The Kier molecular flexibility index (Phi) is 6.58. The molecule has 4 aliphatic carbocycles. The lowest BCUT2D eigenvalue weighted by Gasteiger charge is -2.70. The lowest BCUT2D eigenvalue weighted by molar-refractivity contribution is -0.108. The zero-order valence-electron chi connectivity index (χ0n) is 22.1. The van der Waals surface area contributed by atoms with Crippen LogP contribution in [0.3, 0.4) is 0 Å². The first-order valence-corrected chi connectivity index (χ1v) is 16.2. The largest absolute Gasteiger partial charge is 0.379 e. The number of carbonyl (C=O) groups excluding carboxylic acids is 1. The molecule has 4 saturated carbocycles. The third kappa shape index (κ3) is 4.42. The second kappa shape index (κ2) is 9.83. The maximum absolute atomic E-state index is 13.8. The van der Waals surface area contributed by atoms with Crippen molar-refractivity contribution in [3.63, 3.8) is 0 Å². The molecule has 38 heavy (non-hydrogen) atoms. The summed E-state index contributed by atoms with van der Waals surface area (Å²) in [6.07, 6.45) is 7.21. The van der Waals surface area contributed by atoms with E-state index in [2.05, 4.69) is 20.7 Å². The predicted molar refractivity (Wildman–Crippen MR) is 140 cm³/mol. The Morgan fingerprint density at radius 2 is 1.74 bits per heavy atom. The van der Waals surface area contributed by atoms with Crippen molar-refractivity contribution < 1.29 is 22.5 Å². The first-order valence-electron chi connectivity index (χ1n) is 14.7. The molecular weight excluding hydrogens is 506 g/mol. The van der Waals surface area contributed by atoms with Crippen molar-refractivity contribution >= 4 is 15.9 Å². The van der Waals surface area contributed by atoms with Crippen LogP contribution in [0.15, 0.2) is 10.6 Å². The van der Waals surface area contributed by atoms with Crippen molar-refractivity contribution in [2.24, 2.45) is 17.8 Å². The molecule has 0 bridgehead atoms. The first kappa shape index (κ1) is 25.4. The molecule has 1 aromatic heterocycles. The van der Waals surface area contributed by atoms with Gasteiger partial charge in [0.15, 0.2) is 5.69 Å². The average Bonchev–Trinajstić information content (AvgIpc) is 3.62. The number of carbonyl (C=O) groups is 1. The minimum absolute atomic E-state index is 0.0927. The van der Waals surface area contributed by atoms with Gasteiger partial charge >= 0.3 is 0 Å². The fourth-order valence-electron chi connectivity index (χ4n) is 8.23. The minimum atomic E-state index is -3.30. The molecule has 2 aliphatic heterocycles. The molecule has 2 saturated heterocycles. The number of morpholine rings is 1. The van der Waals surface area contributed by atoms with E-state index >= 15 is 0 Å². The average molecular weight is 548 g/mol. The SMILES string of the molecule is O=C(N[C@@H]1C[C@@H]2CC3(S(=O)(=O)N4CCC(NCCN5CCOCC5)CC4)C[C@H](C1)C23)c1cc(C2CC2)on1. The van der Waals surface area contributed by atoms with Gasteiger partial charge in [-0.05, 0) is 69.1 Å². The van der Waals surface area contributed by atoms with Gasteiger partial charge in [-0.1, -0.05) is 5.16 Å². The Hall–Kier alpha value is -1.53. The molecule has 6 aliphatic rings. The Morgan fingerprint density at radius 1 is 1.03 bits per heavy atom. The molecule has 2 N–H and O–H groups in total. The van der Waals surface area contributed by atoms with Crippen LogP contribution in [0, 0.1) is 17.8 Å². The smallest absolute Gasteiger partial charge is 0.273 e. The number of amides is 1. The lowest BCUT2D eigenvalue weighted by Crippen LogP contribution is -2.75. The summed E-state index contributed by atoms with van der Waals surface area (Å²) in [5, 5.41) is 10.8. The molecule has 6 fully saturated rings. The molecule has 2 unspecified atom stereocenters. The van der Waals surface area contributed by atoms with Gasteiger partial charge in [-0.15, -0.1) is 0 Å². The summed E-state index contributed by atoms with van der Waals surface area (Å²) < 4.78 is 39.6. The highest BCUT2D eigenvalue weighted by Gasteiger charge is 2.73. The maximum atomic E-state index is 13.8. The third-order valence-electron chi connectivity index (χ3n) is 10.4. The van der Waals surface area contributed by atoms with Crippen LogP contribution in [0.2, 0.25) is 0 Å². The van der Waals surface area contributed by atoms with Crippen LogP contribution in [0.5, 0.6) is 0 Å². The van der Waals surface area contributed by atoms with E-state index in [9.17, 15) is 13.2 Å². The van der Waals surface area contributed by atoms with E-state index in [0.29, 0.717) is 42.6 Å². The summed E-state index contributed by atoms with van der Waals surface area (Å²) >= 11 is 0. The zero-order chi connectivity index (χ0) is 25.9. The highest BCUT2D eigenvalue weighted by atomic mass is 32.2. The van der Waals surface area contributed by atoms with Gasteiger partial charge < -0.3 is 19.9 Å². The minimum Gasteiger partial charge on any atom is -0.379 e. The van der Waals surface area contributed by atoms with E-state index in [1.807, 2.05) is 0 Å². The van der Waals surface area contributed by atoms with Crippen LogP contribution < -0.4 is 10.6 Å². The zero-order valence-corrected chi connectivity index (χ0v) is 23.0. The molecule has 210 valence electrons. The maximum Gasteiger partial charge on any atom is 0.273 e. The number of hydrogen-bond donors (Lipinski definition) is 2. The Bertz CT molecular complexity index is 1120. The molecule has 7 rings (SSSR count). The van der Waals surface area contributed by atoms with Crippen molar-refractivity contribution in [1.82, 2.24) is 25.0 Å².